The summed E-state index contributed by atoms with van der Waals surface area (Å²) >= 11 is 5.56. The number of fused-ring (bicyclic) bond motifs is 1. The molecule has 3 rings (SSSR count). The Labute approximate surface area is 194 Å². The SMILES string of the molecule is CCC(=O)N1c2ccc(S(=O)(=O)CCC(=O)Nc3ccc(Cl)c(C(F)(F)F)c3)cc2CC1C. The average molecular weight is 503 g/mol. The maximum Gasteiger partial charge on any atom is 0.417 e. The van der Waals surface area contributed by atoms with Gasteiger partial charge in [-0.2, -0.15) is 13.2 Å². The minimum absolute atomic E-state index is 0.0258. The van der Waals surface area contributed by atoms with E-state index in [1.54, 1.807) is 17.9 Å². The molecule has 178 valence electrons. The van der Waals surface area contributed by atoms with Crippen molar-refractivity contribution in [3.63, 3.8) is 0 Å². The van der Waals surface area contributed by atoms with Crippen molar-refractivity contribution in [3.8, 4) is 0 Å². The van der Waals surface area contributed by atoms with Crippen molar-refractivity contribution in [2.45, 2.75) is 50.2 Å². The zero-order chi connectivity index (χ0) is 24.6. The Balaban J connectivity index is 1.69. The summed E-state index contributed by atoms with van der Waals surface area (Å²) in [5.74, 6) is -1.32. The number of sulfone groups is 1. The van der Waals surface area contributed by atoms with Crippen LogP contribution in [-0.2, 0) is 32.0 Å². The molecule has 0 fully saturated rings. The van der Waals surface area contributed by atoms with Crippen LogP contribution >= 0.6 is 11.6 Å². The van der Waals surface area contributed by atoms with Gasteiger partial charge in [-0.1, -0.05) is 18.5 Å². The molecule has 1 aliphatic rings. The van der Waals surface area contributed by atoms with Crippen molar-refractivity contribution in [1.29, 1.82) is 0 Å². The number of nitrogens with one attached hydrogen (secondary N) is 1. The van der Waals surface area contributed by atoms with E-state index in [0.717, 1.165) is 11.6 Å². The van der Waals surface area contributed by atoms with E-state index in [-0.39, 0.29) is 22.5 Å². The van der Waals surface area contributed by atoms with E-state index in [9.17, 15) is 31.2 Å². The van der Waals surface area contributed by atoms with Crippen LogP contribution in [0.3, 0.4) is 0 Å². The number of amides is 2. The van der Waals surface area contributed by atoms with Crippen LogP contribution in [0.15, 0.2) is 41.3 Å². The lowest BCUT2D eigenvalue weighted by Crippen LogP contribution is -2.35. The number of carbonyl (C=O) groups is 2. The highest BCUT2D eigenvalue weighted by Crippen LogP contribution is 2.36. The predicted octanol–water partition coefficient (Wildman–Crippen LogP) is 4.85. The molecule has 1 N–H and O–H groups in total. The first-order valence-corrected chi connectivity index (χ1v) is 12.2. The van der Waals surface area contributed by atoms with Crippen LogP contribution in [0.2, 0.25) is 5.02 Å². The number of rotatable bonds is 6. The molecule has 0 aromatic heterocycles. The van der Waals surface area contributed by atoms with Gasteiger partial charge in [0.25, 0.3) is 0 Å². The fraction of sp³-hybridized carbons (Fsp3) is 0.364. The molecule has 1 aliphatic heterocycles. The van der Waals surface area contributed by atoms with Crippen LogP contribution < -0.4 is 10.2 Å². The molecule has 33 heavy (non-hydrogen) atoms. The molecule has 1 unspecified atom stereocenters. The Hall–Kier alpha value is -2.59. The molecule has 0 saturated heterocycles. The summed E-state index contributed by atoms with van der Waals surface area (Å²) in [7, 11) is -3.83. The van der Waals surface area contributed by atoms with Gasteiger partial charge < -0.3 is 10.2 Å². The second kappa shape index (κ2) is 9.34. The second-order valence-corrected chi connectivity index (χ2v) is 10.3. The molecule has 2 aromatic rings. The van der Waals surface area contributed by atoms with Crippen molar-refractivity contribution in [1.82, 2.24) is 0 Å². The normalized spacial score (nSPS) is 15.9. The summed E-state index contributed by atoms with van der Waals surface area (Å²) in [6.45, 7) is 3.64. The van der Waals surface area contributed by atoms with Gasteiger partial charge in [-0.3, -0.25) is 9.59 Å². The van der Waals surface area contributed by atoms with Crippen LogP contribution in [0.4, 0.5) is 24.5 Å². The number of nitrogens with zero attached hydrogens (tertiary/aromatic N) is 1. The van der Waals surface area contributed by atoms with Crippen LogP contribution in [-0.4, -0.2) is 32.0 Å². The monoisotopic (exact) mass is 502 g/mol. The van der Waals surface area contributed by atoms with E-state index < -0.39 is 44.7 Å². The minimum Gasteiger partial charge on any atom is -0.326 e. The van der Waals surface area contributed by atoms with E-state index >= 15 is 0 Å². The summed E-state index contributed by atoms with van der Waals surface area (Å²) in [5.41, 5.74) is 0.170. The van der Waals surface area contributed by atoms with Crippen LogP contribution in [0.1, 0.15) is 37.8 Å². The van der Waals surface area contributed by atoms with Crippen molar-refractivity contribution in [3.05, 3.63) is 52.5 Å². The molecule has 0 aliphatic carbocycles. The number of carbonyl (C=O) groups excluding carboxylic acids is 2. The Morgan fingerprint density at radius 1 is 1.18 bits per heavy atom. The van der Waals surface area contributed by atoms with Crippen molar-refractivity contribution in [2.24, 2.45) is 0 Å². The van der Waals surface area contributed by atoms with E-state index in [2.05, 4.69) is 5.32 Å². The molecule has 11 heteroatoms. The van der Waals surface area contributed by atoms with Gasteiger partial charge in [0.1, 0.15) is 0 Å². The van der Waals surface area contributed by atoms with E-state index in [1.165, 1.54) is 18.2 Å². The first kappa shape index (κ1) is 25.0. The van der Waals surface area contributed by atoms with Gasteiger partial charge in [0.2, 0.25) is 11.8 Å². The molecule has 6 nitrogen and oxygen atoms in total. The van der Waals surface area contributed by atoms with Crippen molar-refractivity contribution in [2.75, 3.05) is 16.0 Å². The molecule has 2 amide bonds. The van der Waals surface area contributed by atoms with Crippen LogP contribution in [0.5, 0.6) is 0 Å². The summed E-state index contributed by atoms with van der Waals surface area (Å²) in [6.07, 6.45) is -4.29. The summed E-state index contributed by atoms with van der Waals surface area (Å²) in [4.78, 5) is 26.0. The maximum atomic E-state index is 13.0. The smallest absolute Gasteiger partial charge is 0.326 e. The molecule has 0 bridgehead atoms. The van der Waals surface area contributed by atoms with E-state index in [0.29, 0.717) is 24.6 Å². The summed E-state index contributed by atoms with van der Waals surface area (Å²) in [6, 6.07) is 7.32. The maximum absolute atomic E-state index is 13.0. The third-order valence-corrected chi connectivity index (χ3v) is 7.39. The predicted molar refractivity (Wildman–Crippen MR) is 119 cm³/mol. The highest BCUT2D eigenvalue weighted by atomic mass is 35.5. The Kier molecular flexibility index (Phi) is 7.09. The Morgan fingerprint density at radius 2 is 1.88 bits per heavy atom. The molecule has 1 heterocycles. The largest absolute Gasteiger partial charge is 0.417 e. The summed E-state index contributed by atoms with van der Waals surface area (Å²) in [5, 5.41) is 1.77. The van der Waals surface area contributed by atoms with Crippen molar-refractivity contribution < 1.29 is 31.2 Å². The lowest BCUT2D eigenvalue weighted by molar-refractivity contribution is -0.137. The molecule has 0 radical (unpaired) electrons. The lowest BCUT2D eigenvalue weighted by Gasteiger charge is -2.22. The first-order chi connectivity index (χ1) is 15.3. The van der Waals surface area contributed by atoms with Gasteiger partial charge in [-0.05, 0) is 55.3 Å². The molecule has 0 saturated carbocycles. The quantitative estimate of drug-likeness (QED) is 0.612. The Morgan fingerprint density at radius 3 is 2.52 bits per heavy atom. The molecule has 0 spiro atoms. The number of alkyl halides is 3. The van der Waals surface area contributed by atoms with Gasteiger partial charge in [0, 0.05) is 30.3 Å². The topological polar surface area (TPSA) is 83.6 Å². The second-order valence-electron chi connectivity index (χ2n) is 7.77. The third kappa shape index (κ3) is 5.50. The standard InChI is InChI=1S/C22H22ClF3N2O4S/c1-3-21(30)28-13(2)10-14-11-16(5-7-19(14)28)33(31,32)9-8-20(29)27-15-4-6-18(23)17(12-15)22(24,25)26/h4-7,11-13H,3,8-10H2,1-2H3,(H,27,29). The fourth-order valence-corrected chi connectivity index (χ4v) is 5.25. The molecule has 2 aromatic carbocycles. The number of benzene rings is 2. The van der Waals surface area contributed by atoms with Crippen LogP contribution in [0.25, 0.3) is 0 Å². The number of hydrogen-bond acceptors (Lipinski definition) is 4. The van der Waals surface area contributed by atoms with E-state index in [4.69, 9.17) is 11.6 Å². The van der Waals surface area contributed by atoms with Crippen LogP contribution in [0, 0.1) is 0 Å². The van der Waals surface area contributed by atoms with Gasteiger partial charge in [0.05, 0.1) is 21.2 Å². The van der Waals surface area contributed by atoms with Gasteiger partial charge >= 0.3 is 6.18 Å². The molecular weight excluding hydrogens is 481 g/mol. The van der Waals surface area contributed by atoms with Crippen molar-refractivity contribution >= 4 is 44.6 Å². The zero-order valence-electron chi connectivity index (χ0n) is 17.9. The third-order valence-electron chi connectivity index (χ3n) is 5.35. The zero-order valence-corrected chi connectivity index (χ0v) is 19.4. The van der Waals surface area contributed by atoms with Gasteiger partial charge in [-0.25, -0.2) is 8.42 Å². The first-order valence-electron chi connectivity index (χ1n) is 10.2. The van der Waals surface area contributed by atoms with Gasteiger partial charge in [-0.15, -0.1) is 0 Å². The number of halogens is 4. The average Bonchev–Trinajstić information content (AvgIpc) is 3.07. The highest BCUT2D eigenvalue weighted by molar-refractivity contribution is 7.91. The molecular formula is C22H22ClF3N2O4S. The minimum atomic E-state index is -4.69. The summed E-state index contributed by atoms with van der Waals surface area (Å²) < 4.78 is 64.4. The van der Waals surface area contributed by atoms with E-state index in [1.807, 2.05) is 6.92 Å². The Bertz CT molecular complexity index is 1200. The fourth-order valence-electron chi connectivity index (χ4n) is 3.74. The molecule has 1 atom stereocenters. The number of anilines is 2. The number of hydrogen-bond donors (Lipinski definition) is 1. The highest BCUT2D eigenvalue weighted by Gasteiger charge is 2.34. The lowest BCUT2D eigenvalue weighted by atomic mass is 10.1. The van der Waals surface area contributed by atoms with Gasteiger partial charge in [0.15, 0.2) is 9.84 Å².